The summed E-state index contributed by atoms with van der Waals surface area (Å²) in [7, 11) is 0. The predicted octanol–water partition coefficient (Wildman–Crippen LogP) is 0.966. The maximum absolute atomic E-state index is 13.1. The van der Waals surface area contributed by atoms with E-state index in [2.05, 4.69) is 10.6 Å². The molecule has 1 saturated heterocycles. The Balaban J connectivity index is 2.09. The predicted molar refractivity (Wildman–Crippen MR) is 100 cm³/mol. The fourth-order valence-corrected chi connectivity index (χ4v) is 3.77. The third-order valence-electron chi connectivity index (χ3n) is 5.52. The molecule has 2 aliphatic rings. The van der Waals surface area contributed by atoms with Gasteiger partial charge in [0.2, 0.25) is 5.91 Å². The Hall–Kier alpha value is -1.67. The van der Waals surface area contributed by atoms with Crippen molar-refractivity contribution in [3.8, 4) is 0 Å². The summed E-state index contributed by atoms with van der Waals surface area (Å²) in [5.74, 6) is -0.300. The molecular formula is C19H33N3O5. The van der Waals surface area contributed by atoms with E-state index in [9.17, 15) is 19.5 Å². The first-order valence-electron chi connectivity index (χ1n) is 10.1. The van der Waals surface area contributed by atoms with Gasteiger partial charge in [0.25, 0.3) is 0 Å². The van der Waals surface area contributed by atoms with Crippen LogP contribution in [0.25, 0.3) is 0 Å². The lowest BCUT2D eigenvalue weighted by molar-refractivity contribution is -0.131. The summed E-state index contributed by atoms with van der Waals surface area (Å²) in [5.41, 5.74) is -0.985. The van der Waals surface area contributed by atoms with Crippen molar-refractivity contribution in [3.63, 3.8) is 0 Å². The average molecular weight is 383 g/mol. The molecule has 1 heterocycles. The minimum absolute atomic E-state index is 0.253. The first-order chi connectivity index (χ1) is 13.0. The fourth-order valence-electron chi connectivity index (χ4n) is 3.77. The van der Waals surface area contributed by atoms with Crippen LogP contribution < -0.4 is 10.6 Å². The molecule has 0 unspecified atom stereocenters. The summed E-state index contributed by atoms with van der Waals surface area (Å²) < 4.78 is 5.28. The molecule has 2 atom stereocenters. The Morgan fingerprint density at radius 3 is 2.48 bits per heavy atom. The second-order valence-corrected chi connectivity index (χ2v) is 7.52. The number of aldehydes is 1. The second-order valence-electron chi connectivity index (χ2n) is 7.52. The molecule has 2 fully saturated rings. The number of urea groups is 1. The molecular weight excluding hydrogens is 350 g/mol. The van der Waals surface area contributed by atoms with E-state index in [-0.39, 0.29) is 11.9 Å². The normalized spacial score (nSPS) is 21.8. The molecule has 1 saturated carbocycles. The van der Waals surface area contributed by atoms with E-state index >= 15 is 0 Å². The number of unbranched alkanes of at least 4 members (excludes halogenated alkanes) is 1. The smallest absolute Gasteiger partial charge is 0.318 e. The van der Waals surface area contributed by atoms with Crippen LogP contribution in [0.5, 0.6) is 0 Å². The van der Waals surface area contributed by atoms with Gasteiger partial charge in [0, 0.05) is 13.1 Å². The number of aliphatic hydroxyl groups is 1. The number of amides is 3. The zero-order chi connectivity index (χ0) is 19.7. The number of ether oxygens (including phenoxy) is 1. The van der Waals surface area contributed by atoms with E-state index in [1.165, 1.54) is 0 Å². The number of carbonyl (C=O) groups is 3. The Morgan fingerprint density at radius 2 is 1.89 bits per heavy atom. The summed E-state index contributed by atoms with van der Waals surface area (Å²) in [5, 5.41) is 15.8. The van der Waals surface area contributed by atoms with Crippen molar-refractivity contribution in [2.45, 2.75) is 76.0 Å². The van der Waals surface area contributed by atoms with Gasteiger partial charge in [0.1, 0.15) is 11.6 Å². The van der Waals surface area contributed by atoms with Crippen LogP contribution in [0.2, 0.25) is 0 Å². The number of nitrogens with zero attached hydrogens (tertiary/aromatic N) is 1. The van der Waals surface area contributed by atoms with Gasteiger partial charge in [-0.1, -0.05) is 39.0 Å². The highest BCUT2D eigenvalue weighted by atomic mass is 16.5. The minimum atomic E-state index is -1.24. The average Bonchev–Trinajstić information content (AvgIpc) is 2.71. The van der Waals surface area contributed by atoms with E-state index < -0.39 is 17.7 Å². The molecule has 0 bridgehead atoms. The molecule has 2 rings (SSSR count). The first-order valence-corrected chi connectivity index (χ1v) is 10.1. The molecule has 8 heteroatoms. The largest absolute Gasteiger partial charge is 0.383 e. The van der Waals surface area contributed by atoms with E-state index in [0.29, 0.717) is 51.9 Å². The second kappa shape index (κ2) is 10.6. The van der Waals surface area contributed by atoms with Crippen molar-refractivity contribution in [2.24, 2.45) is 0 Å². The van der Waals surface area contributed by atoms with Gasteiger partial charge in [-0.2, -0.15) is 0 Å². The van der Waals surface area contributed by atoms with Crippen molar-refractivity contribution < 1.29 is 24.2 Å². The van der Waals surface area contributed by atoms with E-state index in [1.807, 2.05) is 6.92 Å². The van der Waals surface area contributed by atoms with E-state index in [4.69, 9.17) is 4.74 Å². The standard InChI is InChI=1S/C19H33N3O5/c1-2-3-7-15(16(24)14-23)20-17(25)19(8-5-4-6-9-19)21-18(26)22-10-12-27-13-11-22/h14-16,24H,2-13H2,1H3,(H,20,25)(H,21,26)/t15-,16-/m0/s1. The minimum Gasteiger partial charge on any atom is -0.383 e. The number of morpholine rings is 1. The molecule has 0 radical (unpaired) electrons. The monoisotopic (exact) mass is 383 g/mol. The van der Waals surface area contributed by atoms with Crippen molar-refractivity contribution >= 4 is 18.2 Å². The van der Waals surface area contributed by atoms with Gasteiger partial charge in [-0.25, -0.2) is 4.79 Å². The molecule has 3 N–H and O–H groups in total. The van der Waals surface area contributed by atoms with Gasteiger partial charge in [0.05, 0.1) is 19.3 Å². The van der Waals surface area contributed by atoms with Crippen molar-refractivity contribution in [3.05, 3.63) is 0 Å². The van der Waals surface area contributed by atoms with Gasteiger partial charge >= 0.3 is 6.03 Å². The van der Waals surface area contributed by atoms with Crippen LogP contribution in [-0.2, 0) is 14.3 Å². The van der Waals surface area contributed by atoms with Gasteiger partial charge < -0.3 is 30.2 Å². The lowest BCUT2D eigenvalue weighted by Gasteiger charge is -2.40. The van der Waals surface area contributed by atoms with E-state index in [0.717, 1.165) is 32.1 Å². The van der Waals surface area contributed by atoms with Crippen LogP contribution in [-0.4, -0.2) is 72.2 Å². The zero-order valence-corrected chi connectivity index (χ0v) is 16.2. The van der Waals surface area contributed by atoms with Crippen LogP contribution in [0.15, 0.2) is 0 Å². The Labute approximate surface area is 161 Å². The number of nitrogens with one attached hydrogen (secondary N) is 2. The number of aliphatic hydroxyl groups excluding tert-OH is 1. The highest BCUT2D eigenvalue weighted by molar-refractivity contribution is 5.91. The number of hydrogen-bond donors (Lipinski definition) is 3. The van der Waals surface area contributed by atoms with Crippen LogP contribution in [0.3, 0.4) is 0 Å². The van der Waals surface area contributed by atoms with Crippen molar-refractivity contribution in [1.82, 2.24) is 15.5 Å². The van der Waals surface area contributed by atoms with Crippen LogP contribution >= 0.6 is 0 Å². The molecule has 0 aromatic rings. The number of hydrogen-bond acceptors (Lipinski definition) is 5. The van der Waals surface area contributed by atoms with Gasteiger partial charge in [-0.15, -0.1) is 0 Å². The Morgan fingerprint density at radius 1 is 1.22 bits per heavy atom. The molecule has 0 aromatic heterocycles. The van der Waals surface area contributed by atoms with Gasteiger partial charge in [0.15, 0.2) is 6.29 Å². The first kappa shape index (κ1) is 21.6. The summed E-state index contributed by atoms with van der Waals surface area (Å²) >= 11 is 0. The summed E-state index contributed by atoms with van der Waals surface area (Å²) in [6.07, 6.45) is 5.30. The lowest BCUT2D eigenvalue weighted by Crippen LogP contribution is -2.64. The quantitative estimate of drug-likeness (QED) is 0.541. The summed E-state index contributed by atoms with van der Waals surface area (Å²) in [6, 6.07) is -0.884. The third-order valence-corrected chi connectivity index (χ3v) is 5.52. The van der Waals surface area contributed by atoms with Crippen molar-refractivity contribution in [2.75, 3.05) is 26.3 Å². The van der Waals surface area contributed by atoms with Gasteiger partial charge in [-0.3, -0.25) is 4.79 Å². The molecule has 0 spiro atoms. The molecule has 3 amide bonds. The summed E-state index contributed by atoms with van der Waals surface area (Å²) in [4.78, 5) is 38.5. The van der Waals surface area contributed by atoms with Crippen LogP contribution in [0, 0.1) is 0 Å². The van der Waals surface area contributed by atoms with E-state index in [1.54, 1.807) is 4.90 Å². The lowest BCUT2D eigenvalue weighted by atomic mass is 9.80. The number of rotatable bonds is 8. The third kappa shape index (κ3) is 5.90. The van der Waals surface area contributed by atoms with Crippen LogP contribution in [0.4, 0.5) is 4.79 Å². The Kier molecular flexibility index (Phi) is 8.50. The Bertz CT molecular complexity index is 502. The van der Waals surface area contributed by atoms with Crippen LogP contribution in [0.1, 0.15) is 58.3 Å². The molecule has 1 aliphatic carbocycles. The molecule has 0 aromatic carbocycles. The summed E-state index contributed by atoms with van der Waals surface area (Å²) in [6.45, 7) is 4.02. The molecule has 154 valence electrons. The van der Waals surface area contributed by atoms with Crippen molar-refractivity contribution in [1.29, 1.82) is 0 Å². The maximum atomic E-state index is 13.1. The SMILES string of the molecule is CCCC[C@H](NC(=O)C1(NC(=O)N2CCOCC2)CCCCC1)[C@@H](O)C=O. The molecule has 8 nitrogen and oxygen atoms in total. The molecule has 1 aliphatic heterocycles. The number of carbonyl (C=O) groups excluding carboxylic acids is 3. The fraction of sp³-hybridized carbons (Fsp3) is 0.842. The van der Waals surface area contributed by atoms with Gasteiger partial charge in [-0.05, 0) is 19.3 Å². The topological polar surface area (TPSA) is 108 Å². The highest BCUT2D eigenvalue weighted by Gasteiger charge is 2.43. The highest BCUT2D eigenvalue weighted by Crippen LogP contribution is 2.29. The maximum Gasteiger partial charge on any atom is 0.318 e. The zero-order valence-electron chi connectivity index (χ0n) is 16.2. The molecule has 27 heavy (non-hydrogen) atoms.